The summed E-state index contributed by atoms with van der Waals surface area (Å²) in [4.78, 5) is 25.5. The molecular formula is C21H32O5. The molecule has 4 atom stereocenters. The standard InChI is InChI=1S/C21H32O5/c1-7-14(6)18(23)17-19(24)15(10-8-12(2)3)21(26,20(17)25)16(22)11-9-13(4)5/h8-9,14-16,22,25-26H,7,10-11H2,1-6H3/t14?,15-,16?,21?/m1/s1. The van der Waals surface area contributed by atoms with Crippen LogP contribution in [0.3, 0.4) is 0 Å². The van der Waals surface area contributed by atoms with Crippen molar-refractivity contribution in [3.05, 3.63) is 34.6 Å². The minimum atomic E-state index is -2.16. The third kappa shape index (κ3) is 4.33. The van der Waals surface area contributed by atoms with Crippen molar-refractivity contribution >= 4 is 11.6 Å². The Labute approximate surface area is 156 Å². The normalized spacial score (nSPS) is 25.1. The highest BCUT2D eigenvalue weighted by Crippen LogP contribution is 2.43. The Kier molecular flexibility index (Phi) is 7.54. The highest BCUT2D eigenvalue weighted by molar-refractivity contribution is 6.24. The molecule has 0 saturated heterocycles. The van der Waals surface area contributed by atoms with E-state index >= 15 is 0 Å². The van der Waals surface area contributed by atoms with Crippen LogP contribution in [0.5, 0.6) is 0 Å². The minimum Gasteiger partial charge on any atom is -0.508 e. The maximum Gasteiger partial charge on any atom is 0.176 e. The van der Waals surface area contributed by atoms with E-state index in [1.54, 1.807) is 19.1 Å². The highest BCUT2D eigenvalue weighted by atomic mass is 16.4. The maximum atomic E-state index is 12.9. The van der Waals surface area contributed by atoms with Gasteiger partial charge in [-0.3, -0.25) is 9.59 Å². The van der Waals surface area contributed by atoms with Crippen LogP contribution >= 0.6 is 0 Å². The van der Waals surface area contributed by atoms with E-state index in [9.17, 15) is 24.9 Å². The van der Waals surface area contributed by atoms with Gasteiger partial charge < -0.3 is 15.3 Å². The van der Waals surface area contributed by atoms with Gasteiger partial charge in [0.2, 0.25) is 0 Å². The van der Waals surface area contributed by atoms with Crippen molar-refractivity contribution in [1.29, 1.82) is 0 Å². The molecule has 0 aromatic heterocycles. The van der Waals surface area contributed by atoms with Crippen molar-refractivity contribution in [2.24, 2.45) is 11.8 Å². The zero-order valence-corrected chi connectivity index (χ0v) is 16.7. The molecule has 0 spiro atoms. The van der Waals surface area contributed by atoms with E-state index in [0.29, 0.717) is 6.42 Å². The number of aliphatic hydroxyl groups excluding tert-OH is 2. The lowest BCUT2D eigenvalue weighted by molar-refractivity contribution is -0.134. The molecule has 0 heterocycles. The van der Waals surface area contributed by atoms with Crippen LogP contribution in [0.25, 0.3) is 0 Å². The monoisotopic (exact) mass is 364 g/mol. The van der Waals surface area contributed by atoms with E-state index < -0.39 is 40.9 Å². The predicted molar refractivity (Wildman–Crippen MR) is 102 cm³/mol. The van der Waals surface area contributed by atoms with Gasteiger partial charge in [0.05, 0.1) is 12.0 Å². The van der Waals surface area contributed by atoms with Gasteiger partial charge in [0, 0.05) is 5.92 Å². The van der Waals surface area contributed by atoms with Gasteiger partial charge in [0.1, 0.15) is 11.3 Å². The molecule has 0 bridgehead atoms. The molecule has 0 radical (unpaired) electrons. The lowest BCUT2D eigenvalue weighted by Gasteiger charge is -2.33. The molecular weight excluding hydrogens is 332 g/mol. The molecule has 0 amide bonds. The number of aliphatic hydroxyl groups is 3. The number of hydrogen-bond donors (Lipinski definition) is 3. The molecule has 3 N–H and O–H groups in total. The topological polar surface area (TPSA) is 94.8 Å². The van der Waals surface area contributed by atoms with Crippen molar-refractivity contribution < 1.29 is 24.9 Å². The van der Waals surface area contributed by atoms with Crippen LogP contribution in [0, 0.1) is 11.8 Å². The summed E-state index contributed by atoms with van der Waals surface area (Å²) in [5.74, 6) is -3.29. The number of rotatable bonds is 8. The van der Waals surface area contributed by atoms with Gasteiger partial charge in [-0.1, -0.05) is 37.1 Å². The van der Waals surface area contributed by atoms with Crippen LogP contribution in [0.1, 0.15) is 60.8 Å². The predicted octanol–water partition coefficient (Wildman–Crippen LogP) is 3.42. The van der Waals surface area contributed by atoms with Crippen molar-refractivity contribution in [2.75, 3.05) is 0 Å². The number of Topliss-reactive ketones (excluding diaryl/α,β-unsaturated/α-hetero) is 2. The van der Waals surface area contributed by atoms with Gasteiger partial charge in [-0.25, -0.2) is 0 Å². The Balaban J connectivity index is 3.43. The lowest BCUT2D eigenvalue weighted by atomic mass is 9.80. The van der Waals surface area contributed by atoms with Crippen LogP contribution in [0.2, 0.25) is 0 Å². The third-order valence-corrected chi connectivity index (χ3v) is 5.04. The number of carbonyl (C=O) groups excluding carboxylic acids is 2. The summed E-state index contributed by atoms with van der Waals surface area (Å²) in [5, 5.41) is 32.4. The number of allylic oxidation sites excluding steroid dienone is 4. The first-order valence-corrected chi connectivity index (χ1v) is 9.17. The van der Waals surface area contributed by atoms with Crippen molar-refractivity contribution in [1.82, 2.24) is 0 Å². The van der Waals surface area contributed by atoms with Gasteiger partial charge in [-0.2, -0.15) is 0 Å². The molecule has 0 aromatic rings. The second-order valence-corrected chi connectivity index (χ2v) is 7.69. The minimum absolute atomic E-state index is 0.0757. The third-order valence-electron chi connectivity index (χ3n) is 5.04. The zero-order valence-electron chi connectivity index (χ0n) is 16.7. The van der Waals surface area contributed by atoms with Crippen LogP contribution in [-0.2, 0) is 9.59 Å². The summed E-state index contributed by atoms with van der Waals surface area (Å²) in [6.07, 6.45) is 2.84. The molecule has 5 nitrogen and oxygen atoms in total. The second-order valence-electron chi connectivity index (χ2n) is 7.69. The summed E-state index contributed by atoms with van der Waals surface area (Å²) < 4.78 is 0. The summed E-state index contributed by atoms with van der Waals surface area (Å²) >= 11 is 0. The molecule has 0 fully saturated rings. The SMILES string of the molecule is CCC(C)C(=O)C1=C(O)C(O)(C(O)CC=C(C)C)[C@H](CC=C(C)C)C1=O. The second kappa shape index (κ2) is 8.78. The van der Waals surface area contributed by atoms with Crippen LogP contribution < -0.4 is 0 Å². The molecule has 0 aliphatic heterocycles. The van der Waals surface area contributed by atoms with E-state index in [2.05, 4.69) is 0 Å². The summed E-state index contributed by atoms with van der Waals surface area (Å²) in [6.45, 7) is 10.9. The smallest absolute Gasteiger partial charge is 0.176 e. The quantitative estimate of drug-likeness (QED) is 0.453. The van der Waals surface area contributed by atoms with E-state index in [1.807, 2.05) is 34.6 Å². The Morgan fingerprint density at radius 2 is 1.73 bits per heavy atom. The fourth-order valence-corrected chi connectivity index (χ4v) is 3.08. The summed E-state index contributed by atoms with van der Waals surface area (Å²) in [7, 11) is 0. The molecule has 26 heavy (non-hydrogen) atoms. The average molecular weight is 364 g/mol. The first-order valence-electron chi connectivity index (χ1n) is 9.17. The number of carbonyl (C=O) groups is 2. The van der Waals surface area contributed by atoms with E-state index in [-0.39, 0.29) is 18.4 Å². The first kappa shape index (κ1) is 22.3. The Bertz CT molecular complexity index is 647. The fourth-order valence-electron chi connectivity index (χ4n) is 3.08. The summed E-state index contributed by atoms with van der Waals surface area (Å²) in [5.41, 5.74) is -0.629. The number of ketones is 2. The van der Waals surface area contributed by atoms with E-state index in [0.717, 1.165) is 11.1 Å². The highest BCUT2D eigenvalue weighted by Gasteiger charge is 2.58. The van der Waals surface area contributed by atoms with E-state index in [1.165, 1.54) is 0 Å². The average Bonchev–Trinajstić information content (AvgIpc) is 2.76. The van der Waals surface area contributed by atoms with Gasteiger partial charge >= 0.3 is 0 Å². The molecule has 5 heteroatoms. The molecule has 1 aliphatic rings. The Morgan fingerprint density at radius 3 is 2.19 bits per heavy atom. The largest absolute Gasteiger partial charge is 0.508 e. The zero-order chi connectivity index (χ0) is 20.2. The van der Waals surface area contributed by atoms with Gasteiger partial charge in [0.15, 0.2) is 17.2 Å². The molecule has 3 unspecified atom stereocenters. The van der Waals surface area contributed by atoms with Crippen molar-refractivity contribution in [3.8, 4) is 0 Å². The Morgan fingerprint density at radius 1 is 1.19 bits per heavy atom. The number of hydrogen-bond acceptors (Lipinski definition) is 5. The first-order chi connectivity index (χ1) is 12.0. The van der Waals surface area contributed by atoms with Gasteiger partial charge in [0.25, 0.3) is 0 Å². The van der Waals surface area contributed by atoms with Crippen LogP contribution in [0.15, 0.2) is 34.6 Å². The van der Waals surface area contributed by atoms with Crippen LogP contribution in [-0.4, -0.2) is 38.6 Å². The van der Waals surface area contributed by atoms with Gasteiger partial charge in [-0.15, -0.1) is 0 Å². The van der Waals surface area contributed by atoms with Crippen LogP contribution in [0.4, 0.5) is 0 Å². The molecule has 146 valence electrons. The Hall–Kier alpha value is -1.72. The van der Waals surface area contributed by atoms with E-state index in [4.69, 9.17) is 0 Å². The molecule has 1 aliphatic carbocycles. The molecule has 1 rings (SSSR count). The van der Waals surface area contributed by atoms with Gasteiger partial charge in [-0.05, 0) is 47.0 Å². The lowest BCUT2D eigenvalue weighted by Crippen LogP contribution is -2.49. The maximum absolute atomic E-state index is 12.9. The fraction of sp³-hybridized carbons (Fsp3) is 0.619. The van der Waals surface area contributed by atoms with Crippen molar-refractivity contribution in [2.45, 2.75) is 72.5 Å². The van der Waals surface area contributed by atoms with Crippen molar-refractivity contribution in [3.63, 3.8) is 0 Å². The summed E-state index contributed by atoms with van der Waals surface area (Å²) in [6, 6.07) is 0. The molecule has 0 aromatic carbocycles. The molecule has 0 saturated carbocycles.